The van der Waals surface area contributed by atoms with E-state index in [1.54, 1.807) is 6.08 Å². The van der Waals surface area contributed by atoms with Crippen LogP contribution in [0.2, 0.25) is 0 Å². The molecule has 0 amide bonds. The maximum Gasteiger partial charge on any atom is 0.330 e. The molecule has 2 rings (SSSR count). The number of hydrogen-bond acceptors (Lipinski definition) is 2. The molecule has 1 aromatic carbocycles. The van der Waals surface area contributed by atoms with E-state index in [4.69, 9.17) is 4.74 Å². The van der Waals surface area contributed by atoms with Crippen molar-refractivity contribution in [2.75, 3.05) is 6.61 Å². The van der Waals surface area contributed by atoms with Gasteiger partial charge in [0.15, 0.2) is 0 Å². The number of esters is 1. The molecule has 17 heavy (non-hydrogen) atoms. The van der Waals surface area contributed by atoms with Crippen LogP contribution in [0, 0.1) is 0 Å². The van der Waals surface area contributed by atoms with Crippen LogP contribution < -0.4 is 0 Å². The number of carbonyl (C=O) groups excluding carboxylic acids is 1. The fourth-order valence-electron chi connectivity index (χ4n) is 2.37. The number of hydrogen-bond donors (Lipinski definition) is 0. The summed E-state index contributed by atoms with van der Waals surface area (Å²) in [4.78, 5) is 11.3. The van der Waals surface area contributed by atoms with E-state index in [1.807, 2.05) is 13.0 Å². The monoisotopic (exact) mass is 230 g/mol. The van der Waals surface area contributed by atoms with Crippen LogP contribution in [0.1, 0.15) is 37.7 Å². The van der Waals surface area contributed by atoms with E-state index in [2.05, 4.69) is 24.3 Å². The summed E-state index contributed by atoms with van der Waals surface area (Å²) in [6.45, 7) is 2.28. The zero-order chi connectivity index (χ0) is 12.1. The van der Waals surface area contributed by atoms with E-state index >= 15 is 0 Å². The lowest BCUT2D eigenvalue weighted by molar-refractivity contribution is -0.137. The molecular formula is C15H18O2. The molecule has 1 fully saturated rings. The van der Waals surface area contributed by atoms with Crippen LogP contribution >= 0.6 is 0 Å². The SMILES string of the molecule is CCOC(=O)C=C1CCC(c2ccccc2)C1. The van der Waals surface area contributed by atoms with Crippen LogP contribution in [0.4, 0.5) is 0 Å². The van der Waals surface area contributed by atoms with Crippen molar-refractivity contribution < 1.29 is 9.53 Å². The van der Waals surface area contributed by atoms with Crippen molar-refractivity contribution in [2.45, 2.75) is 32.1 Å². The van der Waals surface area contributed by atoms with Crippen molar-refractivity contribution in [3.8, 4) is 0 Å². The second-order valence-corrected chi connectivity index (χ2v) is 4.41. The zero-order valence-electron chi connectivity index (χ0n) is 10.2. The Kier molecular flexibility index (Phi) is 3.97. The van der Waals surface area contributed by atoms with Gasteiger partial charge in [-0.1, -0.05) is 35.9 Å². The predicted octanol–water partition coefficient (Wildman–Crippen LogP) is 3.44. The number of carbonyl (C=O) groups is 1. The Hall–Kier alpha value is -1.57. The molecule has 0 saturated heterocycles. The Balaban J connectivity index is 1.98. The molecule has 0 aliphatic heterocycles. The molecule has 1 aliphatic carbocycles. The van der Waals surface area contributed by atoms with Crippen LogP contribution in [0.15, 0.2) is 42.0 Å². The number of ether oxygens (including phenoxy) is 1. The van der Waals surface area contributed by atoms with E-state index in [0.29, 0.717) is 12.5 Å². The summed E-state index contributed by atoms with van der Waals surface area (Å²) in [5.41, 5.74) is 2.59. The van der Waals surface area contributed by atoms with Gasteiger partial charge in [0, 0.05) is 6.08 Å². The zero-order valence-corrected chi connectivity index (χ0v) is 10.2. The lowest BCUT2D eigenvalue weighted by Gasteiger charge is -2.07. The van der Waals surface area contributed by atoms with Gasteiger partial charge in [0.2, 0.25) is 0 Å². The quantitative estimate of drug-likeness (QED) is 0.587. The molecular weight excluding hydrogens is 212 g/mol. The standard InChI is InChI=1S/C15H18O2/c1-2-17-15(16)11-12-8-9-14(10-12)13-6-4-3-5-7-13/h3-7,11,14H,2,8-10H2,1H3. The van der Waals surface area contributed by atoms with Gasteiger partial charge in [-0.25, -0.2) is 4.79 Å². The van der Waals surface area contributed by atoms with Gasteiger partial charge in [-0.05, 0) is 37.7 Å². The Morgan fingerprint density at radius 3 is 2.88 bits per heavy atom. The minimum Gasteiger partial charge on any atom is -0.463 e. The van der Waals surface area contributed by atoms with Crippen LogP contribution in [-0.2, 0) is 9.53 Å². The van der Waals surface area contributed by atoms with E-state index in [1.165, 1.54) is 11.1 Å². The van der Waals surface area contributed by atoms with Gasteiger partial charge in [0.25, 0.3) is 0 Å². The minimum absolute atomic E-state index is 0.198. The molecule has 0 spiro atoms. The average molecular weight is 230 g/mol. The van der Waals surface area contributed by atoms with Gasteiger partial charge in [-0.15, -0.1) is 0 Å². The third-order valence-electron chi connectivity index (χ3n) is 3.20. The topological polar surface area (TPSA) is 26.3 Å². The van der Waals surface area contributed by atoms with E-state index in [-0.39, 0.29) is 5.97 Å². The smallest absolute Gasteiger partial charge is 0.330 e. The Bertz CT molecular complexity index is 406. The summed E-state index contributed by atoms with van der Waals surface area (Å²) in [5, 5.41) is 0. The van der Waals surface area contributed by atoms with Crippen LogP contribution in [-0.4, -0.2) is 12.6 Å². The van der Waals surface area contributed by atoms with E-state index in [9.17, 15) is 4.79 Å². The van der Waals surface area contributed by atoms with Crippen molar-refractivity contribution in [1.29, 1.82) is 0 Å². The second-order valence-electron chi connectivity index (χ2n) is 4.41. The molecule has 0 heterocycles. The molecule has 1 saturated carbocycles. The fourth-order valence-corrected chi connectivity index (χ4v) is 2.37. The normalized spacial score (nSPS) is 21.7. The van der Waals surface area contributed by atoms with Gasteiger partial charge in [0.05, 0.1) is 6.61 Å². The first-order valence-electron chi connectivity index (χ1n) is 6.20. The first-order chi connectivity index (χ1) is 8.29. The molecule has 1 aliphatic rings. The van der Waals surface area contributed by atoms with Crippen LogP contribution in [0.5, 0.6) is 0 Å². The van der Waals surface area contributed by atoms with E-state index < -0.39 is 0 Å². The Morgan fingerprint density at radius 2 is 2.18 bits per heavy atom. The van der Waals surface area contributed by atoms with Crippen molar-refractivity contribution >= 4 is 5.97 Å². The van der Waals surface area contributed by atoms with Gasteiger partial charge in [0.1, 0.15) is 0 Å². The van der Waals surface area contributed by atoms with Gasteiger partial charge >= 0.3 is 5.97 Å². The first-order valence-corrected chi connectivity index (χ1v) is 6.20. The van der Waals surface area contributed by atoms with E-state index in [0.717, 1.165) is 19.3 Å². The average Bonchev–Trinajstić information content (AvgIpc) is 2.79. The summed E-state index contributed by atoms with van der Waals surface area (Å²) in [7, 11) is 0. The largest absolute Gasteiger partial charge is 0.463 e. The lowest BCUT2D eigenvalue weighted by atomic mass is 9.97. The summed E-state index contributed by atoms with van der Waals surface area (Å²) in [6.07, 6.45) is 4.81. The van der Waals surface area contributed by atoms with Crippen molar-refractivity contribution in [2.24, 2.45) is 0 Å². The summed E-state index contributed by atoms with van der Waals surface area (Å²) in [6, 6.07) is 10.5. The third kappa shape index (κ3) is 3.19. The highest BCUT2D eigenvalue weighted by Gasteiger charge is 2.21. The Morgan fingerprint density at radius 1 is 1.41 bits per heavy atom. The number of rotatable bonds is 3. The lowest BCUT2D eigenvalue weighted by Crippen LogP contribution is -2.00. The maximum atomic E-state index is 11.3. The predicted molar refractivity (Wildman–Crippen MR) is 67.8 cm³/mol. The highest BCUT2D eigenvalue weighted by atomic mass is 16.5. The molecule has 2 nitrogen and oxygen atoms in total. The fraction of sp³-hybridized carbons (Fsp3) is 0.400. The number of benzene rings is 1. The van der Waals surface area contributed by atoms with Crippen molar-refractivity contribution in [1.82, 2.24) is 0 Å². The third-order valence-corrected chi connectivity index (χ3v) is 3.20. The highest BCUT2D eigenvalue weighted by Crippen LogP contribution is 2.37. The summed E-state index contributed by atoms with van der Waals surface area (Å²) < 4.78 is 4.93. The van der Waals surface area contributed by atoms with Crippen molar-refractivity contribution in [3.63, 3.8) is 0 Å². The van der Waals surface area contributed by atoms with Gasteiger partial charge in [-0.2, -0.15) is 0 Å². The van der Waals surface area contributed by atoms with Crippen molar-refractivity contribution in [3.05, 3.63) is 47.5 Å². The molecule has 0 bridgehead atoms. The Labute approximate surface area is 102 Å². The molecule has 2 heteroatoms. The second kappa shape index (κ2) is 5.67. The molecule has 0 aromatic heterocycles. The first kappa shape index (κ1) is 11.9. The molecule has 90 valence electrons. The van der Waals surface area contributed by atoms with Crippen LogP contribution in [0.25, 0.3) is 0 Å². The van der Waals surface area contributed by atoms with Crippen LogP contribution in [0.3, 0.4) is 0 Å². The van der Waals surface area contributed by atoms with Gasteiger partial charge in [-0.3, -0.25) is 0 Å². The van der Waals surface area contributed by atoms with Gasteiger partial charge < -0.3 is 4.74 Å². The molecule has 0 radical (unpaired) electrons. The maximum absolute atomic E-state index is 11.3. The highest BCUT2D eigenvalue weighted by molar-refractivity contribution is 5.82. The molecule has 1 aromatic rings. The summed E-state index contributed by atoms with van der Waals surface area (Å²) >= 11 is 0. The number of allylic oxidation sites excluding steroid dienone is 1. The molecule has 1 atom stereocenters. The minimum atomic E-state index is -0.198. The summed E-state index contributed by atoms with van der Waals surface area (Å²) in [5.74, 6) is 0.369. The molecule has 1 unspecified atom stereocenters. The molecule has 0 N–H and O–H groups in total.